The summed E-state index contributed by atoms with van der Waals surface area (Å²) in [5.74, 6) is -1.17. The van der Waals surface area contributed by atoms with Crippen LogP contribution in [0.2, 0.25) is 10.0 Å². The van der Waals surface area contributed by atoms with Crippen molar-refractivity contribution in [2.24, 2.45) is 0 Å². The lowest BCUT2D eigenvalue weighted by Crippen LogP contribution is -2.17. The predicted molar refractivity (Wildman–Crippen MR) is 192 cm³/mol. The fourth-order valence-corrected chi connectivity index (χ4v) is 5.91. The van der Waals surface area contributed by atoms with Crippen LogP contribution in [0.4, 0.5) is 49.4 Å². The molecule has 0 bridgehead atoms. The van der Waals surface area contributed by atoms with Gasteiger partial charge in [0.15, 0.2) is 5.75 Å². The number of rotatable bonds is 10. The lowest BCUT2D eigenvalue weighted by atomic mass is 10.2. The molecule has 0 radical (unpaired) electrons. The topological polar surface area (TPSA) is 202 Å². The smallest absolute Gasteiger partial charge is 0.406 e. The van der Waals surface area contributed by atoms with Crippen molar-refractivity contribution >= 4 is 83.7 Å². The van der Waals surface area contributed by atoms with Gasteiger partial charge in [0.25, 0.3) is 0 Å². The van der Waals surface area contributed by atoms with E-state index in [1.165, 1.54) is 24.3 Å². The Morgan fingerprint density at radius 2 is 1.12 bits per heavy atom. The molecule has 2 heterocycles. The quantitative estimate of drug-likeness (QED) is 0.0561. The monoisotopic (exact) mass is 868 g/mol. The Kier molecular flexibility index (Phi) is 12.5. The molecule has 14 nitrogen and oxygen atoms in total. The minimum atomic E-state index is -5.06. The third-order valence-corrected chi connectivity index (χ3v) is 8.12. The van der Waals surface area contributed by atoms with Crippen LogP contribution in [0.3, 0.4) is 0 Å². The highest BCUT2D eigenvalue weighted by molar-refractivity contribution is 7.47. The summed E-state index contributed by atoms with van der Waals surface area (Å²) in [7, 11) is -9.79. The number of para-hydroxylation sites is 1. The number of aromatic nitrogens is 2. The van der Waals surface area contributed by atoms with Crippen molar-refractivity contribution < 1.29 is 73.6 Å². The third kappa shape index (κ3) is 12.8. The summed E-state index contributed by atoms with van der Waals surface area (Å²) >= 11 is 12.2. The third-order valence-electron chi connectivity index (χ3n) is 6.64. The Hall–Kier alpha value is -5.04. The molecule has 0 spiro atoms. The van der Waals surface area contributed by atoms with E-state index in [4.69, 9.17) is 42.8 Å². The Labute approximate surface area is 320 Å². The van der Waals surface area contributed by atoms with Gasteiger partial charge >= 0.3 is 28.4 Å². The van der Waals surface area contributed by atoms with Gasteiger partial charge in [0.1, 0.15) is 28.9 Å². The lowest BCUT2D eigenvalue weighted by molar-refractivity contribution is -0.275. The second kappa shape index (κ2) is 16.6. The number of ether oxygens (including phenoxy) is 2. The van der Waals surface area contributed by atoms with Crippen molar-refractivity contribution in [3.8, 4) is 23.0 Å². The molecule has 4 aromatic carbocycles. The van der Waals surface area contributed by atoms with Gasteiger partial charge in [-0.15, -0.1) is 26.3 Å². The predicted octanol–water partition coefficient (Wildman–Crippen LogP) is 10.0. The van der Waals surface area contributed by atoms with Crippen LogP contribution in [0.1, 0.15) is 0 Å². The minimum Gasteiger partial charge on any atom is -0.406 e. The second-order valence-electron chi connectivity index (χ2n) is 10.9. The summed E-state index contributed by atoms with van der Waals surface area (Å²) in [6.45, 7) is 0. The van der Waals surface area contributed by atoms with E-state index in [1.54, 1.807) is 42.5 Å². The molecular formula is C32H22Cl2F6N4O10P2. The van der Waals surface area contributed by atoms with Gasteiger partial charge in [0.2, 0.25) is 0 Å². The van der Waals surface area contributed by atoms with Crippen molar-refractivity contribution in [2.75, 3.05) is 10.6 Å². The molecule has 6 N–H and O–H groups in total. The molecule has 0 aliphatic heterocycles. The number of alkyl halides is 6. The molecule has 296 valence electrons. The molecule has 0 unspecified atom stereocenters. The van der Waals surface area contributed by atoms with Gasteiger partial charge in [-0.2, -0.15) is 0 Å². The van der Waals surface area contributed by atoms with Crippen LogP contribution >= 0.6 is 38.8 Å². The maximum absolute atomic E-state index is 12.4. The van der Waals surface area contributed by atoms with E-state index in [0.717, 1.165) is 29.7 Å². The maximum Gasteiger partial charge on any atom is 0.573 e. The van der Waals surface area contributed by atoms with Crippen molar-refractivity contribution in [2.45, 2.75) is 12.7 Å². The van der Waals surface area contributed by atoms with E-state index in [-0.39, 0.29) is 28.0 Å². The Balaban J connectivity index is 0.000000214. The van der Waals surface area contributed by atoms with Crippen molar-refractivity contribution in [1.29, 1.82) is 0 Å². The largest absolute Gasteiger partial charge is 0.573 e. The van der Waals surface area contributed by atoms with E-state index in [1.807, 2.05) is 0 Å². The first kappa shape index (κ1) is 42.1. The van der Waals surface area contributed by atoms with E-state index in [2.05, 4.69) is 39.1 Å². The zero-order chi connectivity index (χ0) is 41.1. The van der Waals surface area contributed by atoms with Crippen LogP contribution in [-0.2, 0) is 9.13 Å². The highest BCUT2D eigenvalue weighted by Gasteiger charge is 2.32. The van der Waals surface area contributed by atoms with Crippen LogP contribution in [0.25, 0.3) is 21.8 Å². The number of pyridine rings is 2. The highest BCUT2D eigenvalue weighted by Crippen LogP contribution is 2.44. The zero-order valence-corrected chi connectivity index (χ0v) is 30.6. The van der Waals surface area contributed by atoms with Crippen LogP contribution in [0.5, 0.6) is 23.0 Å². The fourth-order valence-electron chi connectivity index (χ4n) is 4.64. The Morgan fingerprint density at radius 3 is 1.73 bits per heavy atom. The summed E-state index contributed by atoms with van der Waals surface area (Å²) in [6, 6.07) is 21.9. The number of phosphoric ester groups is 2. The SMILES string of the molecule is O=P(O)(O)Oc1cc(Cl)c2nc(Nc3ccc(OC(F)(F)F)cc3)ccc2c1.O=P(O)(O)Oc1cc(OC(F)(F)F)ccc1Nc1ccc2cccc(Cl)c2n1. The van der Waals surface area contributed by atoms with Crippen molar-refractivity contribution in [1.82, 2.24) is 9.97 Å². The highest BCUT2D eigenvalue weighted by atomic mass is 35.5. The van der Waals surface area contributed by atoms with Crippen LogP contribution in [-0.4, -0.2) is 42.3 Å². The number of benzene rings is 4. The van der Waals surface area contributed by atoms with E-state index in [0.29, 0.717) is 39.0 Å². The van der Waals surface area contributed by atoms with Crippen LogP contribution < -0.4 is 29.2 Å². The molecule has 0 aliphatic rings. The van der Waals surface area contributed by atoms with Crippen LogP contribution in [0, 0.1) is 0 Å². The van der Waals surface area contributed by atoms with Gasteiger partial charge in [-0.3, -0.25) is 19.6 Å². The Morgan fingerprint density at radius 1 is 0.571 bits per heavy atom. The molecule has 6 aromatic rings. The molecule has 56 heavy (non-hydrogen) atoms. The molecule has 0 saturated carbocycles. The average molecular weight is 869 g/mol. The normalized spacial score (nSPS) is 12.1. The number of phosphoric acid groups is 2. The van der Waals surface area contributed by atoms with Gasteiger partial charge in [-0.25, -0.2) is 19.1 Å². The molecule has 0 atom stereocenters. The standard InChI is InChI=1S/2C16H11ClF3N2O5P/c17-13-8-12(27-28(23,24)25)7-9-1-6-14(22-15(9)13)21-10-2-4-11(5-3-10)26-16(18,19)20;17-11-3-1-2-9-4-7-14(22-15(9)11)21-12-6-5-10(26-16(18,19)20)8-13(12)27-28(23,24)25/h2*1-8H,(H,21,22)(H2,23,24,25). The van der Waals surface area contributed by atoms with Gasteiger partial charge in [0, 0.05) is 28.6 Å². The summed E-state index contributed by atoms with van der Waals surface area (Å²) in [6.07, 6.45) is -9.75. The van der Waals surface area contributed by atoms with Crippen LogP contribution in [0.15, 0.2) is 97.1 Å². The fraction of sp³-hybridized carbons (Fsp3) is 0.0625. The molecule has 6 rings (SSSR count). The molecular weight excluding hydrogens is 847 g/mol. The number of hydrogen-bond donors (Lipinski definition) is 6. The molecule has 0 amide bonds. The first-order chi connectivity index (χ1) is 26.0. The molecule has 0 fully saturated rings. The summed E-state index contributed by atoms with van der Waals surface area (Å²) < 4.78 is 112. The van der Waals surface area contributed by atoms with E-state index >= 15 is 0 Å². The number of hydrogen-bond acceptors (Lipinski definition) is 10. The molecule has 0 saturated heterocycles. The first-order valence-corrected chi connectivity index (χ1v) is 18.8. The molecule has 0 aliphatic carbocycles. The second-order valence-corrected chi connectivity index (χ2v) is 14.0. The molecule has 2 aromatic heterocycles. The molecule has 24 heteroatoms. The van der Waals surface area contributed by atoms with Gasteiger partial charge in [-0.1, -0.05) is 35.3 Å². The maximum atomic E-state index is 12.4. The summed E-state index contributed by atoms with van der Waals surface area (Å²) in [4.78, 5) is 44.4. The van der Waals surface area contributed by atoms with Gasteiger partial charge in [0.05, 0.1) is 26.8 Å². The number of nitrogens with zero attached hydrogens (tertiary/aromatic N) is 2. The van der Waals surface area contributed by atoms with E-state index in [9.17, 15) is 35.5 Å². The summed E-state index contributed by atoms with van der Waals surface area (Å²) in [5.41, 5.74) is 1.21. The average Bonchev–Trinajstić information content (AvgIpc) is 3.05. The van der Waals surface area contributed by atoms with Gasteiger partial charge < -0.3 is 29.2 Å². The Bertz CT molecular complexity index is 2470. The number of nitrogens with one attached hydrogen (secondary N) is 2. The first-order valence-electron chi connectivity index (χ1n) is 14.9. The summed E-state index contributed by atoms with van der Waals surface area (Å²) in [5, 5.41) is 7.32. The number of fused-ring (bicyclic) bond motifs is 2. The van der Waals surface area contributed by atoms with Crippen molar-refractivity contribution in [3.63, 3.8) is 0 Å². The van der Waals surface area contributed by atoms with E-state index < -0.39 is 39.9 Å². The minimum absolute atomic E-state index is 0.0447. The number of anilines is 4. The number of halogens is 8. The van der Waals surface area contributed by atoms with Gasteiger partial charge in [-0.05, 0) is 72.8 Å². The zero-order valence-electron chi connectivity index (χ0n) is 27.3. The van der Waals surface area contributed by atoms with Crippen molar-refractivity contribution in [3.05, 3.63) is 107 Å². The lowest BCUT2D eigenvalue weighted by Gasteiger charge is -2.16.